The molecule has 1 atom stereocenters. The van der Waals surface area contributed by atoms with E-state index < -0.39 is 0 Å². The number of anilines is 1. The Balaban J connectivity index is 1.59. The van der Waals surface area contributed by atoms with E-state index in [0.29, 0.717) is 49.1 Å². The van der Waals surface area contributed by atoms with Crippen molar-refractivity contribution in [3.8, 4) is 18.0 Å². The molecule has 10 heteroatoms. The zero-order valence-corrected chi connectivity index (χ0v) is 18.8. The first kappa shape index (κ1) is 23.2. The molecule has 0 unspecified atom stereocenters. The van der Waals surface area contributed by atoms with Crippen LogP contribution >= 0.6 is 12.2 Å². The van der Waals surface area contributed by atoms with Gasteiger partial charge in [-0.05, 0) is 50.0 Å². The number of likely N-dealkylation sites (N-methyl/N-ethyl adjacent to an activating group) is 1. The number of nitrogens with two attached hydrogens (primary N) is 1. The second kappa shape index (κ2) is 10.7. The van der Waals surface area contributed by atoms with Crippen molar-refractivity contribution in [1.29, 1.82) is 0 Å². The summed E-state index contributed by atoms with van der Waals surface area (Å²) < 4.78 is 1.77. The fourth-order valence-corrected chi connectivity index (χ4v) is 3.54. The van der Waals surface area contributed by atoms with Crippen molar-refractivity contribution in [3.63, 3.8) is 0 Å². The minimum atomic E-state index is -0.381. The Morgan fingerprint density at radius 1 is 1.31 bits per heavy atom. The van der Waals surface area contributed by atoms with E-state index in [2.05, 4.69) is 21.5 Å². The lowest BCUT2D eigenvalue weighted by Gasteiger charge is -2.38. The van der Waals surface area contributed by atoms with Crippen molar-refractivity contribution in [3.05, 3.63) is 42.4 Å². The van der Waals surface area contributed by atoms with Crippen LogP contribution in [0.1, 0.15) is 23.2 Å². The van der Waals surface area contributed by atoms with E-state index in [-0.39, 0.29) is 17.9 Å². The summed E-state index contributed by atoms with van der Waals surface area (Å²) >= 11 is 5.04. The molecule has 0 aliphatic carbocycles. The van der Waals surface area contributed by atoms with Crippen LogP contribution in [0.15, 0.2) is 36.8 Å². The van der Waals surface area contributed by atoms with Crippen molar-refractivity contribution in [2.75, 3.05) is 38.5 Å². The van der Waals surface area contributed by atoms with Crippen molar-refractivity contribution < 1.29 is 9.59 Å². The molecule has 168 valence electrons. The number of rotatable bonds is 7. The Bertz CT molecular complexity index is 1010. The van der Waals surface area contributed by atoms with E-state index in [9.17, 15) is 9.59 Å². The number of carbonyl (C=O) groups excluding carboxylic acids is 2. The van der Waals surface area contributed by atoms with Gasteiger partial charge >= 0.3 is 0 Å². The van der Waals surface area contributed by atoms with Crippen LogP contribution in [-0.4, -0.2) is 75.5 Å². The Hall–Kier alpha value is -3.42. The number of unbranched alkanes of at least 4 members (excludes halogenated alkanes) is 1. The minimum absolute atomic E-state index is 0.144. The first-order valence-corrected chi connectivity index (χ1v) is 10.7. The van der Waals surface area contributed by atoms with Gasteiger partial charge in [0, 0.05) is 43.9 Å². The van der Waals surface area contributed by atoms with Crippen LogP contribution in [-0.2, 0) is 4.79 Å². The Kier molecular flexibility index (Phi) is 7.81. The lowest BCUT2D eigenvalue weighted by Crippen LogP contribution is -2.58. The first-order chi connectivity index (χ1) is 15.4. The summed E-state index contributed by atoms with van der Waals surface area (Å²) in [6.07, 6.45) is 9.92. The molecule has 1 aliphatic heterocycles. The van der Waals surface area contributed by atoms with E-state index in [4.69, 9.17) is 24.4 Å². The highest BCUT2D eigenvalue weighted by molar-refractivity contribution is 7.80. The van der Waals surface area contributed by atoms with Crippen LogP contribution in [0.25, 0.3) is 5.69 Å². The molecule has 0 bridgehead atoms. The van der Waals surface area contributed by atoms with Crippen molar-refractivity contribution in [2.24, 2.45) is 5.73 Å². The molecule has 0 radical (unpaired) electrons. The minimum Gasteiger partial charge on any atom is -0.376 e. The Morgan fingerprint density at radius 3 is 2.75 bits per heavy atom. The number of thiocarbonyl (C=S) groups is 1. The van der Waals surface area contributed by atoms with Gasteiger partial charge < -0.3 is 25.8 Å². The summed E-state index contributed by atoms with van der Waals surface area (Å²) in [6, 6.07) is 6.74. The molecular formula is C22H27N7O2S. The average Bonchev–Trinajstić information content (AvgIpc) is 3.25. The quantitative estimate of drug-likeness (QED) is 0.323. The SMILES string of the molecule is C#CCCCNC(=O)c1ccc(-n2cnc(NC(=O)[C@@H]3CN(C(N)=S)CCN3C)c2)cc1. The molecule has 1 saturated heterocycles. The van der Waals surface area contributed by atoms with Crippen molar-refractivity contribution >= 4 is 35.0 Å². The van der Waals surface area contributed by atoms with Gasteiger partial charge in [0.1, 0.15) is 12.4 Å². The van der Waals surface area contributed by atoms with Gasteiger partial charge in [-0.3, -0.25) is 14.5 Å². The molecule has 2 amide bonds. The Labute approximate surface area is 193 Å². The number of benzene rings is 1. The highest BCUT2D eigenvalue weighted by Crippen LogP contribution is 2.15. The molecule has 0 saturated carbocycles. The molecule has 4 N–H and O–H groups in total. The summed E-state index contributed by atoms with van der Waals surface area (Å²) in [5.74, 6) is 2.67. The van der Waals surface area contributed by atoms with Crippen LogP contribution in [0.4, 0.5) is 5.82 Å². The molecule has 1 aliphatic rings. The number of terminal acetylenes is 1. The smallest absolute Gasteiger partial charge is 0.251 e. The monoisotopic (exact) mass is 453 g/mol. The predicted molar refractivity (Wildman–Crippen MR) is 127 cm³/mol. The highest BCUT2D eigenvalue weighted by atomic mass is 32.1. The van der Waals surface area contributed by atoms with Crippen LogP contribution in [0.2, 0.25) is 0 Å². The van der Waals surface area contributed by atoms with E-state index in [1.807, 2.05) is 29.0 Å². The molecule has 1 fully saturated rings. The fraction of sp³-hybridized carbons (Fsp3) is 0.364. The number of hydrogen-bond donors (Lipinski definition) is 3. The molecule has 32 heavy (non-hydrogen) atoms. The average molecular weight is 454 g/mol. The van der Waals surface area contributed by atoms with Gasteiger partial charge in [0.25, 0.3) is 5.91 Å². The van der Waals surface area contributed by atoms with E-state index in [0.717, 1.165) is 12.1 Å². The molecule has 2 aromatic rings. The maximum atomic E-state index is 12.8. The summed E-state index contributed by atoms with van der Waals surface area (Å²) in [7, 11) is 1.90. The van der Waals surface area contributed by atoms with Crippen LogP contribution < -0.4 is 16.4 Å². The van der Waals surface area contributed by atoms with E-state index in [1.165, 1.54) is 0 Å². The third-order valence-electron chi connectivity index (χ3n) is 5.31. The van der Waals surface area contributed by atoms with Crippen LogP contribution in [0, 0.1) is 12.3 Å². The summed E-state index contributed by atoms with van der Waals surface area (Å²) in [5.41, 5.74) is 7.10. The fourth-order valence-electron chi connectivity index (χ4n) is 3.37. The van der Waals surface area contributed by atoms with E-state index in [1.54, 1.807) is 29.2 Å². The summed E-state index contributed by atoms with van der Waals surface area (Å²) in [4.78, 5) is 33.0. The summed E-state index contributed by atoms with van der Waals surface area (Å²) in [5, 5.41) is 5.99. The number of carbonyl (C=O) groups is 2. The molecule has 9 nitrogen and oxygen atoms in total. The first-order valence-electron chi connectivity index (χ1n) is 10.3. The second-order valence-corrected chi connectivity index (χ2v) is 7.96. The van der Waals surface area contributed by atoms with Crippen molar-refractivity contribution in [2.45, 2.75) is 18.9 Å². The lowest BCUT2D eigenvalue weighted by molar-refractivity contribution is -0.122. The standard InChI is InChI=1S/C22H27N7O2S/c1-3-4-5-10-24-20(30)16-6-8-17(9-7-16)29-14-19(25-15-29)26-21(31)18-13-28(22(23)32)12-11-27(18)2/h1,6-9,14-15,18H,4-5,10-13H2,2H3,(H2,23,32)(H,24,30)(H,26,31)/t18-/m0/s1. The molecule has 0 spiro atoms. The van der Waals surface area contributed by atoms with Gasteiger partial charge in [0.05, 0.1) is 6.20 Å². The number of hydrogen-bond acceptors (Lipinski definition) is 5. The zero-order chi connectivity index (χ0) is 23.1. The molecule has 1 aromatic heterocycles. The second-order valence-electron chi connectivity index (χ2n) is 7.55. The van der Waals surface area contributed by atoms with Gasteiger partial charge in [0.2, 0.25) is 5.91 Å². The maximum Gasteiger partial charge on any atom is 0.251 e. The lowest BCUT2D eigenvalue weighted by atomic mass is 10.1. The van der Waals surface area contributed by atoms with Crippen LogP contribution in [0.3, 0.4) is 0 Å². The van der Waals surface area contributed by atoms with Gasteiger partial charge in [-0.1, -0.05) is 0 Å². The van der Waals surface area contributed by atoms with E-state index >= 15 is 0 Å². The normalized spacial score (nSPS) is 16.2. The zero-order valence-electron chi connectivity index (χ0n) is 18.0. The van der Waals surface area contributed by atoms with Crippen molar-refractivity contribution in [1.82, 2.24) is 24.7 Å². The number of amides is 2. The molecule has 1 aromatic carbocycles. The third kappa shape index (κ3) is 5.84. The topological polar surface area (TPSA) is 109 Å². The van der Waals surface area contributed by atoms with Gasteiger partial charge in [-0.2, -0.15) is 0 Å². The highest BCUT2D eigenvalue weighted by Gasteiger charge is 2.30. The largest absolute Gasteiger partial charge is 0.376 e. The maximum absolute atomic E-state index is 12.8. The van der Waals surface area contributed by atoms with Gasteiger partial charge in [-0.25, -0.2) is 4.98 Å². The Morgan fingerprint density at radius 2 is 2.06 bits per heavy atom. The number of nitrogens with one attached hydrogen (secondary N) is 2. The number of aromatic nitrogens is 2. The number of nitrogens with zero attached hydrogens (tertiary/aromatic N) is 4. The van der Waals surface area contributed by atoms with Gasteiger partial charge in [0.15, 0.2) is 10.9 Å². The predicted octanol–water partition coefficient (Wildman–Crippen LogP) is 0.814. The third-order valence-corrected chi connectivity index (χ3v) is 5.57. The molecular weight excluding hydrogens is 426 g/mol. The molecule has 3 rings (SSSR count). The number of piperazine rings is 1. The number of imidazole rings is 1. The summed E-state index contributed by atoms with van der Waals surface area (Å²) in [6.45, 7) is 2.36. The van der Waals surface area contributed by atoms with Gasteiger partial charge in [-0.15, -0.1) is 12.3 Å². The van der Waals surface area contributed by atoms with Crippen LogP contribution in [0.5, 0.6) is 0 Å². The molecule has 2 heterocycles.